The number of aliphatic hydroxyl groups is 1. The van der Waals surface area contributed by atoms with Crippen molar-refractivity contribution in [2.24, 2.45) is 0 Å². The van der Waals surface area contributed by atoms with Crippen molar-refractivity contribution in [1.82, 2.24) is 10.6 Å². The molecule has 2 rings (SSSR count). The molecule has 1 amide bonds. The van der Waals surface area contributed by atoms with Gasteiger partial charge in [-0.1, -0.05) is 36.4 Å². The number of nitrogens with one attached hydrogen (secondary N) is 2. The fourth-order valence-corrected chi connectivity index (χ4v) is 2.98. The molecule has 150 valence electrons. The van der Waals surface area contributed by atoms with Crippen LogP contribution in [0.4, 0.5) is 8.78 Å². The molecule has 2 aromatic carbocycles. The Balaban J connectivity index is 1.98. The summed E-state index contributed by atoms with van der Waals surface area (Å²) in [6, 6.07) is 10.4. The Morgan fingerprint density at radius 3 is 2.39 bits per heavy atom. The molecule has 3 N–H and O–H groups in total. The molecule has 0 bridgehead atoms. The number of rotatable bonds is 9. The molecule has 0 aliphatic heterocycles. The number of hydrogen-bond acceptors (Lipinski definition) is 3. The van der Waals surface area contributed by atoms with Gasteiger partial charge in [0.05, 0.1) is 12.1 Å². The Hall–Kier alpha value is -2.57. The molecule has 6 heteroatoms. The van der Waals surface area contributed by atoms with Crippen LogP contribution in [0.1, 0.15) is 30.5 Å². The highest BCUT2D eigenvalue weighted by Gasteiger charge is 2.21. The third-order valence-corrected chi connectivity index (χ3v) is 4.33. The summed E-state index contributed by atoms with van der Waals surface area (Å²) in [5, 5.41) is 16.3. The van der Waals surface area contributed by atoms with Crippen LogP contribution in [0.2, 0.25) is 0 Å². The standard InChI is InChI=1S/C22H26F2N2O2/c1-14(2)18-6-4-5-16(7-18)12-25-13-22(28)21(26-15(3)27)10-17-8-19(23)11-20(24)9-17/h4-9,11,21-22,25,28H,1,10,12-13H2,2-3H3,(H,26,27)/t21-,22-/m0/s1. The number of hydrogen-bond donors (Lipinski definition) is 3. The molecule has 0 heterocycles. The first kappa shape index (κ1) is 21.7. The van der Waals surface area contributed by atoms with E-state index in [1.165, 1.54) is 19.1 Å². The van der Waals surface area contributed by atoms with E-state index >= 15 is 0 Å². The Bertz CT molecular complexity index is 819. The minimum atomic E-state index is -0.931. The van der Waals surface area contributed by atoms with E-state index < -0.39 is 23.8 Å². The van der Waals surface area contributed by atoms with Crippen LogP contribution in [0.5, 0.6) is 0 Å². The van der Waals surface area contributed by atoms with E-state index in [4.69, 9.17) is 0 Å². The van der Waals surface area contributed by atoms with Crippen molar-refractivity contribution in [3.05, 3.63) is 77.4 Å². The zero-order chi connectivity index (χ0) is 20.7. The van der Waals surface area contributed by atoms with Crippen LogP contribution in [-0.2, 0) is 17.8 Å². The summed E-state index contributed by atoms with van der Waals surface area (Å²) in [5.41, 5.74) is 3.42. The predicted octanol–water partition coefficient (Wildman–Crippen LogP) is 3.20. The smallest absolute Gasteiger partial charge is 0.217 e. The predicted molar refractivity (Wildman–Crippen MR) is 107 cm³/mol. The average Bonchev–Trinajstić information content (AvgIpc) is 2.60. The minimum absolute atomic E-state index is 0.113. The molecule has 0 unspecified atom stereocenters. The van der Waals surface area contributed by atoms with E-state index in [1.54, 1.807) is 0 Å². The lowest BCUT2D eigenvalue weighted by molar-refractivity contribution is -0.120. The van der Waals surface area contributed by atoms with Gasteiger partial charge in [0.1, 0.15) is 11.6 Å². The first-order valence-corrected chi connectivity index (χ1v) is 9.10. The molecule has 0 saturated carbocycles. The number of amides is 1. The van der Waals surface area contributed by atoms with E-state index in [-0.39, 0.29) is 18.9 Å². The molecule has 0 radical (unpaired) electrons. The van der Waals surface area contributed by atoms with Gasteiger partial charge in [-0.25, -0.2) is 8.78 Å². The van der Waals surface area contributed by atoms with Crippen molar-refractivity contribution >= 4 is 11.5 Å². The molecule has 4 nitrogen and oxygen atoms in total. The molecule has 0 spiro atoms. The Morgan fingerprint density at radius 1 is 1.11 bits per heavy atom. The van der Waals surface area contributed by atoms with Crippen molar-refractivity contribution < 1.29 is 18.7 Å². The first-order valence-electron chi connectivity index (χ1n) is 9.10. The third-order valence-electron chi connectivity index (χ3n) is 4.33. The highest BCUT2D eigenvalue weighted by atomic mass is 19.1. The fraction of sp³-hybridized carbons (Fsp3) is 0.318. The normalized spacial score (nSPS) is 13.0. The maximum absolute atomic E-state index is 13.4. The minimum Gasteiger partial charge on any atom is -0.390 e. The lowest BCUT2D eigenvalue weighted by Gasteiger charge is -2.24. The van der Waals surface area contributed by atoms with Crippen LogP contribution < -0.4 is 10.6 Å². The highest BCUT2D eigenvalue weighted by Crippen LogP contribution is 2.14. The topological polar surface area (TPSA) is 61.4 Å². The summed E-state index contributed by atoms with van der Waals surface area (Å²) >= 11 is 0. The fourth-order valence-electron chi connectivity index (χ4n) is 2.98. The van der Waals surface area contributed by atoms with Gasteiger partial charge in [-0.3, -0.25) is 4.79 Å². The van der Waals surface area contributed by atoms with E-state index in [2.05, 4.69) is 17.2 Å². The maximum atomic E-state index is 13.4. The molecule has 2 atom stereocenters. The van der Waals surface area contributed by atoms with Gasteiger partial charge in [-0.05, 0) is 42.2 Å². The van der Waals surface area contributed by atoms with Crippen LogP contribution in [0, 0.1) is 11.6 Å². The largest absolute Gasteiger partial charge is 0.390 e. The summed E-state index contributed by atoms with van der Waals surface area (Å²) in [6.45, 7) is 7.93. The molecule has 0 fully saturated rings. The number of carbonyl (C=O) groups excluding carboxylic acids is 1. The molecule has 28 heavy (non-hydrogen) atoms. The van der Waals surface area contributed by atoms with E-state index in [1.807, 2.05) is 31.2 Å². The number of allylic oxidation sites excluding steroid dienone is 1. The Kier molecular flexibility index (Phi) is 7.84. The monoisotopic (exact) mass is 388 g/mol. The zero-order valence-corrected chi connectivity index (χ0v) is 16.1. The van der Waals surface area contributed by atoms with Crippen LogP contribution >= 0.6 is 0 Å². The highest BCUT2D eigenvalue weighted by molar-refractivity contribution is 5.73. The number of benzene rings is 2. The van der Waals surface area contributed by atoms with Gasteiger partial charge in [-0.15, -0.1) is 0 Å². The summed E-state index contributed by atoms with van der Waals surface area (Å²) in [6.07, 6.45) is -0.818. The van der Waals surface area contributed by atoms with Crippen LogP contribution in [0.15, 0.2) is 49.0 Å². The third kappa shape index (κ3) is 6.87. The second-order valence-corrected chi connectivity index (χ2v) is 6.97. The maximum Gasteiger partial charge on any atom is 0.217 e. The first-order chi connectivity index (χ1) is 13.2. The van der Waals surface area contributed by atoms with Crippen molar-refractivity contribution in [2.45, 2.75) is 39.0 Å². The molecular weight excluding hydrogens is 362 g/mol. The molecule has 0 aliphatic rings. The Labute approximate surface area is 164 Å². The second-order valence-electron chi connectivity index (χ2n) is 6.97. The van der Waals surface area contributed by atoms with Crippen molar-refractivity contribution in [3.63, 3.8) is 0 Å². The summed E-state index contributed by atoms with van der Waals surface area (Å²) in [5.74, 6) is -1.71. The molecule has 0 aliphatic carbocycles. The molecule has 0 aromatic heterocycles. The van der Waals surface area contributed by atoms with E-state index in [0.717, 1.165) is 22.8 Å². The van der Waals surface area contributed by atoms with Crippen LogP contribution in [0.3, 0.4) is 0 Å². The van der Waals surface area contributed by atoms with E-state index in [0.29, 0.717) is 12.1 Å². The zero-order valence-electron chi connectivity index (χ0n) is 16.1. The Morgan fingerprint density at radius 2 is 1.79 bits per heavy atom. The number of aliphatic hydroxyl groups excluding tert-OH is 1. The van der Waals surface area contributed by atoms with E-state index in [9.17, 15) is 18.7 Å². The van der Waals surface area contributed by atoms with Crippen molar-refractivity contribution in [3.8, 4) is 0 Å². The lowest BCUT2D eigenvalue weighted by Crippen LogP contribution is -2.48. The van der Waals surface area contributed by atoms with Gasteiger partial charge in [-0.2, -0.15) is 0 Å². The lowest BCUT2D eigenvalue weighted by atomic mass is 10.0. The molecule has 0 saturated heterocycles. The summed E-state index contributed by atoms with van der Waals surface area (Å²) in [4.78, 5) is 11.5. The average molecular weight is 388 g/mol. The van der Waals surface area contributed by atoms with Gasteiger partial charge < -0.3 is 15.7 Å². The van der Waals surface area contributed by atoms with Gasteiger partial charge in [0, 0.05) is 26.1 Å². The van der Waals surface area contributed by atoms with Crippen molar-refractivity contribution in [2.75, 3.05) is 6.54 Å². The van der Waals surface area contributed by atoms with Gasteiger partial charge >= 0.3 is 0 Å². The number of carbonyl (C=O) groups is 1. The molecular formula is C22H26F2N2O2. The van der Waals surface area contributed by atoms with Gasteiger partial charge in [0.15, 0.2) is 0 Å². The van der Waals surface area contributed by atoms with Gasteiger partial charge in [0.25, 0.3) is 0 Å². The number of halogens is 2. The quantitative estimate of drug-likeness (QED) is 0.618. The van der Waals surface area contributed by atoms with Crippen LogP contribution in [0.25, 0.3) is 5.57 Å². The summed E-state index contributed by atoms with van der Waals surface area (Å²) in [7, 11) is 0. The van der Waals surface area contributed by atoms with Crippen LogP contribution in [-0.4, -0.2) is 29.7 Å². The summed E-state index contributed by atoms with van der Waals surface area (Å²) < 4.78 is 26.8. The SMILES string of the molecule is C=C(C)c1cccc(CNC[C@H](O)[C@H](Cc2cc(F)cc(F)c2)NC(C)=O)c1. The molecule has 2 aromatic rings. The second kappa shape index (κ2) is 10.1. The van der Waals surface area contributed by atoms with Gasteiger partial charge in [0.2, 0.25) is 5.91 Å². The van der Waals surface area contributed by atoms with Crippen molar-refractivity contribution in [1.29, 1.82) is 0 Å².